The van der Waals surface area contributed by atoms with Gasteiger partial charge in [0.1, 0.15) is 11.9 Å². The lowest BCUT2D eigenvalue weighted by atomic mass is 9.98. The number of benzene rings is 1. The Labute approximate surface area is 168 Å². The van der Waals surface area contributed by atoms with E-state index >= 15 is 0 Å². The van der Waals surface area contributed by atoms with Gasteiger partial charge in [0.15, 0.2) is 22.7 Å². The van der Waals surface area contributed by atoms with Crippen molar-refractivity contribution in [3.63, 3.8) is 0 Å². The van der Waals surface area contributed by atoms with Crippen molar-refractivity contribution in [3.8, 4) is 5.75 Å². The minimum atomic E-state index is -4.63. The molecular formula is C20H20F4N4O2. The lowest BCUT2D eigenvalue weighted by Gasteiger charge is -2.22. The summed E-state index contributed by atoms with van der Waals surface area (Å²) in [6.45, 7) is 0. The van der Waals surface area contributed by atoms with Crippen molar-refractivity contribution in [2.24, 2.45) is 5.92 Å². The second-order valence-electron chi connectivity index (χ2n) is 7.59. The molecule has 1 fully saturated rings. The van der Waals surface area contributed by atoms with Crippen LogP contribution in [-0.4, -0.2) is 26.0 Å². The van der Waals surface area contributed by atoms with Crippen LogP contribution in [0.25, 0.3) is 11.2 Å². The van der Waals surface area contributed by atoms with Gasteiger partial charge in [0, 0.05) is 6.42 Å². The van der Waals surface area contributed by atoms with Crippen LogP contribution >= 0.6 is 0 Å². The molecule has 2 aromatic heterocycles. The summed E-state index contributed by atoms with van der Waals surface area (Å²) in [6.07, 6.45) is 1.22. The molecule has 4 rings (SSSR count). The molecule has 2 N–H and O–H groups in total. The minimum Gasteiger partial charge on any atom is -0.487 e. The highest BCUT2D eigenvalue weighted by molar-refractivity contribution is 5.68. The van der Waals surface area contributed by atoms with Crippen LogP contribution in [0.3, 0.4) is 0 Å². The molecule has 6 nitrogen and oxygen atoms in total. The zero-order valence-electron chi connectivity index (χ0n) is 15.9. The highest BCUT2D eigenvalue weighted by atomic mass is 19.4. The van der Waals surface area contributed by atoms with Gasteiger partial charge >= 0.3 is 6.18 Å². The maximum absolute atomic E-state index is 14.3. The number of H-pyrrole nitrogens is 2. The van der Waals surface area contributed by atoms with E-state index in [2.05, 4.69) is 19.9 Å². The monoisotopic (exact) mass is 424 g/mol. The van der Waals surface area contributed by atoms with Crippen LogP contribution in [-0.2, 0) is 12.6 Å². The van der Waals surface area contributed by atoms with E-state index in [0.717, 1.165) is 37.8 Å². The Balaban J connectivity index is 1.57. The van der Waals surface area contributed by atoms with Gasteiger partial charge in [-0.15, -0.1) is 0 Å². The Morgan fingerprint density at radius 3 is 2.67 bits per heavy atom. The summed E-state index contributed by atoms with van der Waals surface area (Å²) in [7, 11) is 0. The number of nitrogens with one attached hydrogen (secondary N) is 2. The fraction of sp³-hybridized carbons (Fsp3) is 0.450. The maximum atomic E-state index is 14.3. The average molecular weight is 424 g/mol. The van der Waals surface area contributed by atoms with Gasteiger partial charge in [0.2, 0.25) is 0 Å². The van der Waals surface area contributed by atoms with Gasteiger partial charge in [-0.2, -0.15) is 13.2 Å². The van der Waals surface area contributed by atoms with Crippen molar-refractivity contribution in [1.29, 1.82) is 0 Å². The first kappa shape index (κ1) is 20.4. The largest absolute Gasteiger partial charge is 0.487 e. The van der Waals surface area contributed by atoms with Crippen LogP contribution in [0.1, 0.15) is 43.5 Å². The smallest absolute Gasteiger partial charge is 0.416 e. The number of nitrogens with zero attached hydrogens (tertiary/aromatic N) is 2. The van der Waals surface area contributed by atoms with E-state index in [1.54, 1.807) is 0 Å². The normalized spacial score (nSPS) is 16.3. The van der Waals surface area contributed by atoms with E-state index < -0.39 is 23.7 Å². The molecule has 0 amide bonds. The van der Waals surface area contributed by atoms with Gasteiger partial charge in [-0.3, -0.25) is 4.79 Å². The number of rotatable bonds is 6. The summed E-state index contributed by atoms with van der Waals surface area (Å²) >= 11 is 0. The first-order valence-corrected chi connectivity index (χ1v) is 9.75. The standard InChI is InChI=1S/C20H20F4N4O2/c21-14-8-12(20(22,23)24)5-6-15(14)30-13(7-11-3-1-2-4-11)9-16-27-17-18(28-16)25-10-26-19(17)29/h5-6,8,10-11,13H,1-4,7,9H2,(H2,25,26,27,28,29). The number of imidazole rings is 1. The number of aromatic nitrogens is 4. The third kappa shape index (κ3) is 4.47. The highest BCUT2D eigenvalue weighted by Crippen LogP contribution is 2.34. The molecule has 0 saturated heterocycles. The van der Waals surface area contributed by atoms with Crippen molar-refractivity contribution in [3.05, 3.63) is 52.1 Å². The fourth-order valence-corrected chi connectivity index (χ4v) is 3.94. The van der Waals surface area contributed by atoms with Gasteiger partial charge in [-0.1, -0.05) is 25.7 Å². The fourth-order valence-electron chi connectivity index (χ4n) is 3.94. The van der Waals surface area contributed by atoms with Crippen LogP contribution in [0, 0.1) is 11.7 Å². The van der Waals surface area contributed by atoms with Gasteiger partial charge < -0.3 is 14.7 Å². The topological polar surface area (TPSA) is 83.7 Å². The van der Waals surface area contributed by atoms with Gasteiger partial charge in [-0.25, -0.2) is 14.4 Å². The van der Waals surface area contributed by atoms with E-state index in [9.17, 15) is 22.4 Å². The maximum Gasteiger partial charge on any atom is 0.416 e. The lowest BCUT2D eigenvalue weighted by Crippen LogP contribution is -2.24. The molecular weight excluding hydrogens is 404 g/mol. The number of alkyl halides is 3. The molecule has 2 heterocycles. The number of fused-ring (bicyclic) bond motifs is 1. The lowest BCUT2D eigenvalue weighted by molar-refractivity contribution is -0.137. The van der Waals surface area contributed by atoms with Crippen molar-refractivity contribution in [1.82, 2.24) is 19.9 Å². The van der Waals surface area contributed by atoms with Gasteiger partial charge in [-0.05, 0) is 30.5 Å². The van der Waals surface area contributed by atoms with Crippen LogP contribution in [0.4, 0.5) is 17.6 Å². The van der Waals surface area contributed by atoms with Crippen molar-refractivity contribution < 1.29 is 22.3 Å². The van der Waals surface area contributed by atoms with Crippen LogP contribution in [0.5, 0.6) is 5.75 Å². The second kappa shape index (κ2) is 8.08. The molecule has 0 radical (unpaired) electrons. The summed E-state index contributed by atoms with van der Waals surface area (Å²) in [5.41, 5.74) is -0.940. The SMILES string of the molecule is O=c1[nH]cnc2nc(CC(CC3CCCC3)Oc3ccc(C(F)(F)F)cc3F)[nH]c12. The highest BCUT2D eigenvalue weighted by Gasteiger charge is 2.32. The molecule has 10 heteroatoms. The second-order valence-corrected chi connectivity index (χ2v) is 7.59. The minimum absolute atomic E-state index is 0.229. The molecule has 1 aliphatic carbocycles. The third-order valence-corrected chi connectivity index (χ3v) is 5.39. The Bertz CT molecular complexity index is 1090. The van der Waals surface area contributed by atoms with E-state index in [4.69, 9.17) is 4.74 Å². The first-order chi connectivity index (χ1) is 14.3. The summed E-state index contributed by atoms with van der Waals surface area (Å²) < 4.78 is 58.5. The molecule has 30 heavy (non-hydrogen) atoms. The Kier molecular flexibility index (Phi) is 5.48. The molecule has 1 unspecified atom stereocenters. The molecule has 3 aromatic rings. The van der Waals surface area contributed by atoms with E-state index in [1.165, 1.54) is 6.33 Å². The predicted molar refractivity (Wildman–Crippen MR) is 101 cm³/mol. The van der Waals surface area contributed by atoms with Crippen molar-refractivity contribution >= 4 is 11.2 Å². The zero-order valence-corrected chi connectivity index (χ0v) is 15.9. The molecule has 1 saturated carbocycles. The average Bonchev–Trinajstić information content (AvgIpc) is 3.32. The Morgan fingerprint density at radius 2 is 2.00 bits per heavy atom. The Morgan fingerprint density at radius 1 is 1.23 bits per heavy atom. The number of halogens is 4. The molecule has 0 aliphatic heterocycles. The number of hydrogen-bond donors (Lipinski definition) is 2. The third-order valence-electron chi connectivity index (χ3n) is 5.39. The van der Waals surface area contributed by atoms with Crippen LogP contribution < -0.4 is 10.3 Å². The molecule has 0 bridgehead atoms. The molecule has 160 valence electrons. The van der Waals surface area contributed by atoms with Crippen LogP contribution in [0.2, 0.25) is 0 Å². The molecule has 1 atom stereocenters. The van der Waals surface area contributed by atoms with E-state index in [0.29, 0.717) is 24.2 Å². The zero-order chi connectivity index (χ0) is 21.3. The quantitative estimate of drug-likeness (QED) is 0.576. The summed E-state index contributed by atoms with van der Waals surface area (Å²) in [5.74, 6) is -0.468. The first-order valence-electron chi connectivity index (χ1n) is 9.75. The van der Waals surface area contributed by atoms with E-state index in [1.807, 2.05) is 0 Å². The summed E-state index contributed by atoms with van der Waals surface area (Å²) in [6, 6.07) is 2.24. The van der Waals surface area contributed by atoms with Crippen molar-refractivity contribution in [2.45, 2.75) is 50.8 Å². The molecule has 1 aromatic carbocycles. The van der Waals surface area contributed by atoms with E-state index in [-0.39, 0.29) is 28.9 Å². The van der Waals surface area contributed by atoms with Crippen molar-refractivity contribution in [2.75, 3.05) is 0 Å². The summed E-state index contributed by atoms with van der Waals surface area (Å²) in [4.78, 5) is 25.5. The molecule has 1 aliphatic rings. The number of aromatic amines is 2. The van der Waals surface area contributed by atoms with Crippen LogP contribution in [0.15, 0.2) is 29.3 Å². The predicted octanol–water partition coefficient (Wildman–Crippen LogP) is 4.37. The summed E-state index contributed by atoms with van der Waals surface area (Å²) in [5, 5.41) is 0. The number of hydrogen-bond acceptors (Lipinski definition) is 4. The Hall–Kier alpha value is -2.91. The number of ether oxygens (including phenoxy) is 1. The van der Waals surface area contributed by atoms with Gasteiger partial charge in [0.05, 0.1) is 11.9 Å². The molecule has 0 spiro atoms. The van der Waals surface area contributed by atoms with Gasteiger partial charge in [0.25, 0.3) is 5.56 Å².